The highest BCUT2D eigenvalue weighted by molar-refractivity contribution is 6.05. The van der Waals surface area contributed by atoms with Gasteiger partial charge in [-0.15, -0.1) is 0 Å². The number of amides is 1. The van der Waals surface area contributed by atoms with Crippen LogP contribution in [-0.2, 0) is 4.79 Å². The summed E-state index contributed by atoms with van der Waals surface area (Å²) in [6, 6.07) is 13.8. The number of rotatable bonds is 2. The number of β-lactam (4-membered cyclic amide) rings is 1. The first-order chi connectivity index (χ1) is 9.99. The Morgan fingerprint density at radius 3 is 2.24 bits per heavy atom. The van der Waals surface area contributed by atoms with E-state index in [1.807, 2.05) is 17.0 Å². The van der Waals surface area contributed by atoms with Crippen LogP contribution in [0.1, 0.15) is 28.3 Å². The minimum Gasteiger partial charge on any atom is -0.318 e. The molecule has 0 spiro atoms. The largest absolute Gasteiger partial charge is 0.318 e. The average molecular weight is 280 g/mol. The molecule has 108 valence electrons. The van der Waals surface area contributed by atoms with E-state index in [1.165, 1.54) is 16.7 Å². The summed E-state index contributed by atoms with van der Waals surface area (Å²) in [5.41, 5.74) is 11.7. The lowest BCUT2D eigenvalue weighted by Crippen LogP contribution is -2.63. The second-order valence-corrected chi connectivity index (χ2v) is 5.86. The van der Waals surface area contributed by atoms with Gasteiger partial charge in [-0.1, -0.05) is 35.9 Å². The predicted octanol–water partition coefficient (Wildman–Crippen LogP) is 3.03. The summed E-state index contributed by atoms with van der Waals surface area (Å²) < 4.78 is 0. The Morgan fingerprint density at radius 1 is 0.952 bits per heavy atom. The van der Waals surface area contributed by atoms with Crippen molar-refractivity contribution in [1.29, 1.82) is 0 Å². The topological polar surface area (TPSA) is 46.3 Å². The number of anilines is 1. The molecule has 1 amide bonds. The van der Waals surface area contributed by atoms with Gasteiger partial charge >= 0.3 is 0 Å². The van der Waals surface area contributed by atoms with Crippen LogP contribution in [0.5, 0.6) is 0 Å². The van der Waals surface area contributed by atoms with E-state index in [0.29, 0.717) is 0 Å². The lowest BCUT2D eigenvalue weighted by atomic mass is 9.87. The van der Waals surface area contributed by atoms with Gasteiger partial charge in [0.05, 0.1) is 6.04 Å². The van der Waals surface area contributed by atoms with Crippen molar-refractivity contribution < 1.29 is 4.79 Å². The molecular weight excluding hydrogens is 260 g/mol. The lowest BCUT2D eigenvalue weighted by Gasteiger charge is -2.45. The second-order valence-electron chi connectivity index (χ2n) is 5.86. The molecule has 0 aromatic heterocycles. The van der Waals surface area contributed by atoms with Crippen LogP contribution in [0.4, 0.5) is 5.69 Å². The summed E-state index contributed by atoms with van der Waals surface area (Å²) in [5.74, 6) is -0.0103. The van der Waals surface area contributed by atoms with Crippen LogP contribution in [0.15, 0.2) is 42.5 Å². The molecule has 2 atom stereocenters. The number of benzene rings is 2. The summed E-state index contributed by atoms with van der Waals surface area (Å²) in [4.78, 5) is 14.0. The van der Waals surface area contributed by atoms with Gasteiger partial charge in [-0.05, 0) is 49.6 Å². The van der Waals surface area contributed by atoms with Crippen LogP contribution in [0, 0.1) is 20.8 Å². The molecule has 1 heterocycles. The zero-order chi connectivity index (χ0) is 15.1. The zero-order valence-corrected chi connectivity index (χ0v) is 12.6. The molecule has 1 aliphatic rings. The Morgan fingerprint density at radius 2 is 1.62 bits per heavy atom. The molecule has 0 radical (unpaired) electrons. The number of hydrogen-bond donors (Lipinski definition) is 1. The predicted molar refractivity (Wildman–Crippen MR) is 85.3 cm³/mol. The van der Waals surface area contributed by atoms with E-state index in [-0.39, 0.29) is 11.9 Å². The van der Waals surface area contributed by atoms with Crippen molar-refractivity contribution in [3.63, 3.8) is 0 Å². The van der Waals surface area contributed by atoms with Gasteiger partial charge in [0.2, 0.25) is 5.91 Å². The van der Waals surface area contributed by atoms with Gasteiger partial charge in [0.1, 0.15) is 6.04 Å². The van der Waals surface area contributed by atoms with Crippen molar-refractivity contribution >= 4 is 11.6 Å². The Kier molecular flexibility index (Phi) is 3.30. The van der Waals surface area contributed by atoms with E-state index < -0.39 is 6.04 Å². The van der Waals surface area contributed by atoms with Crippen molar-refractivity contribution in [2.45, 2.75) is 32.9 Å². The maximum absolute atomic E-state index is 12.2. The van der Waals surface area contributed by atoms with Crippen molar-refractivity contribution in [2.75, 3.05) is 4.90 Å². The van der Waals surface area contributed by atoms with Crippen molar-refractivity contribution in [1.82, 2.24) is 0 Å². The van der Waals surface area contributed by atoms with E-state index in [9.17, 15) is 4.79 Å². The molecule has 0 aliphatic carbocycles. The zero-order valence-electron chi connectivity index (χ0n) is 12.6. The van der Waals surface area contributed by atoms with Crippen molar-refractivity contribution in [2.24, 2.45) is 5.73 Å². The van der Waals surface area contributed by atoms with Gasteiger partial charge in [-0.3, -0.25) is 4.79 Å². The molecule has 2 N–H and O–H groups in total. The molecule has 2 aromatic carbocycles. The van der Waals surface area contributed by atoms with Crippen LogP contribution in [0.25, 0.3) is 0 Å². The van der Waals surface area contributed by atoms with E-state index in [0.717, 1.165) is 11.3 Å². The maximum Gasteiger partial charge on any atom is 0.247 e. The quantitative estimate of drug-likeness (QED) is 0.859. The standard InChI is InChI=1S/C18H20N2O/c1-11-4-7-14(8-5-11)17-16(19)18(21)20(17)15-9-6-12(2)13(3)10-15/h4-10,16-17H,19H2,1-3H3/t16-,17-/m0/s1. The molecule has 2 aromatic rings. The van der Waals surface area contributed by atoms with Gasteiger partial charge < -0.3 is 10.6 Å². The Bertz CT molecular complexity index is 691. The van der Waals surface area contributed by atoms with Gasteiger partial charge in [-0.2, -0.15) is 0 Å². The van der Waals surface area contributed by atoms with Crippen LogP contribution >= 0.6 is 0 Å². The molecule has 3 rings (SSSR count). The Labute approximate surface area is 125 Å². The maximum atomic E-state index is 12.2. The molecule has 0 saturated carbocycles. The van der Waals surface area contributed by atoms with Gasteiger partial charge in [0.25, 0.3) is 0 Å². The van der Waals surface area contributed by atoms with E-state index >= 15 is 0 Å². The minimum atomic E-state index is -0.450. The second kappa shape index (κ2) is 5.01. The molecule has 1 fully saturated rings. The Balaban J connectivity index is 1.98. The third-order valence-electron chi connectivity index (χ3n) is 4.33. The number of nitrogens with zero attached hydrogens (tertiary/aromatic N) is 1. The molecule has 1 aliphatic heterocycles. The fraction of sp³-hybridized carbons (Fsp3) is 0.278. The van der Waals surface area contributed by atoms with E-state index in [4.69, 9.17) is 5.73 Å². The van der Waals surface area contributed by atoms with Gasteiger partial charge in [0, 0.05) is 5.69 Å². The summed E-state index contributed by atoms with van der Waals surface area (Å²) in [5, 5.41) is 0. The fourth-order valence-corrected chi connectivity index (χ4v) is 2.79. The number of carbonyl (C=O) groups excluding carboxylic acids is 1. The summed E-state index contributed by atoms with van der Waals surface area (Å²) in [7, 11) is 0. The first kappa shape index (κ1) is 13.8. The highest BCUT2D eigenvalue weighted by Gasteiger charge is 2.46. The van der Waals surface area contributed by atoms with Gasteiger partial charge in [-0.25, -0.2) is 0 Å². The van der Waals surface area contributed by atoms with Crippen LogP contribution < -0.4 is 10.6 Å². The first-order valence-corrected chi connectivity index (χ1v) is 7.21. The molecule has 3 nitrogen and oxygen atoms in total. The molecule has 21 heavy (non-hydrogen) atoms. The first-order valence-electron chi connectivity index (χ1n) is 7.21. The van der Waals surface area contributed by atoms with Crippen LogP contribution in [-0.4, -0.2) is 11.9 Å². The van der Waals surface area contributed by atoms with Crippen molar-refractivity contribution in [3.05, 3.63) is 64.7 Å². The third-order valence-corrected chi connectivity index (χ3v) is 4.33. The summed E-state index contributed by atoms with van der Waals surface area (Å²) >= 11 is 0. The van der Waals surface area contributed by atoms with Crippen LogP contribution in [0.2, 0.25) is 0 Å². The third kappa shape index (κ3) is 2.24. The highest BCUT2D eigenvalue weighted by atomic mass is 16.2. The van der Waals surface area contributed by atoms with E-state index in [2.05, 4.69) is 51.1 Å². The summed E-state index contributed by atoms with van der Waals surface area (Å²) in [6.45, 7) is 6.18. The lowest BCUT2D eigenvalue weighted by molar-refractivity contribution is -0.126. The fourth-order valence-electron chi connectivity index (χ4n) is 2.79. The summed E-state index contributed by atoms with van der Waals surface area (Å²) in [6.07, 6.45) is 0. The number of nitrogens with two attached hydrogens (primary N) is 1. The monoisotopic (exact) mass is 280 g/mol. The van der Waals surface area contributed by atoms with Crippen LogP contribution in [0.3, 0.4) is 0 Å². The molecule has 0 unspecified atom stereocenters. The SMILES string of the molecule is Cc1ccc([C@H]2[C@H](N)C(=O)N2c2ccc(C)c(C)c2)cc1. The normalized spacial score (nSPS) is 21.3. The number of hydrogen-bond acceptors (Lipinski definition) is 2. The minimum absolute atomic E-state index is 0.0103. The highest BCUT2D eigenvalue weighted by Crippen LogP contribution is 2.38. The number of aryl methyl sites for hydroxylation is 3. The van der Waals surface area contributed by atoms with E-state index in [1.54, 1.807) is 0 Å². The molecule has 3 heteroatoms. The molecule has 1 saturated heterocycles. The van der Waals surface area contributed by atoms with Crippen molar-refractivity contribution in [3.8, 4) is 0 Å². The molecular formula is C18H20N2O. The number of carbonyl (C=O) groups is 1. The smallest absolute Gasteiger partial charge is 0.247 e. The van der Waals surface area contributed by atoms with Gasteiger partial charge in [0.15, 0.2) is 0 Å². The molecule has 0 bridgehead atoms. The average Bonchev–Trinajstić information content (AvgIpc) is 2.48. The Hall–Kier alpha value is -2.13.